The van der Waals surface area contributed by atoms with Crippen molar-refractivity contribution in [1.82, 2.24) is 0 Å². The first-order valence-electron chi connectivity index (χ1n) is 7.33. The van der Waals surface area contributed by atoms with Gasteiger partial charge in [-0.15, -0.1) is 0 Å². The smallest absolute Gasteiger partial charge is 0.255 e. The second kappa shape index (κ2) is 7.45. The minimum Gasteiger partial charge on any atom is -0.492 e. The standard InChI is InChI=1S/C18H20BrNO2/c1-4-10-22-17-9-8-14(11-15(17)19)18(21)20-16-7-5-6-12(2)13(16)3/h5-9,11H,4,10H2,1-3H3,(H,20,21). The fourth-order valence-electron chi connectivity index (χ4n) is 2.05. The summed E-state index contributed by atoms with van der Waals surface area (Å²) in [6.45, 7) is 6.75. The third-order valence-corrected chi connectivity index (χ3v) is 4.13. The molecule has 3 nitrogen and oxygen atoms in total. The maximum Gasteiger partial charge on any atom is 0.255 e. The van der Waals surface area contributed by atoms with Crippen molar-refractivity contribution in [3.05, 3.63) is 57.6 Å². The number of amides is 1. The third kappa shape index (κ3) is 3.89. The van der Waals surface area contributed by atoms with Crippen LogP contribution in [0.15, 0.2) is 40.9 Å². The van der Waals surface area contributed by atoms with Crippen LogP contribution in [0.25, 0.3) is 0 Å². The van der Waals surface area contributed by atoms with Gasteiger partial charge in [0.2, 0.25) is 0 Å². The number of hydrogen-bond acceptors (Lipinski definition) is 2. The number of nitrogens with one attached hydrogen (secondary N) is 1. The molecule has 0 aromatic heterocycles. The predicted octanol–water partition coefficient (Wildman–Crippen LogP) is 5.11. The van der Waals surface area contributed by atoms with Gasteiger partial charge in [-0.1, -0.05) is 19.1 Å². The van der Waals surface area contributed by atoms with Crippen LogP contribution in [0.2, 0.25) is 0 Å². The van der Waals surface area contributed by atoms with Gasteiger partial charge >= 0.3 is 0 Å². The van der Waals surface area contributed by atoms with Crippen LogP contribution in [0.3, 0.4) is 0 Å². The van der Waals surface area contributed by atoms with Crippen LogP contribution in [0.5, 0.6) is 5.75 Å². The highest BCUT2D eigenvalue weighted by atomic mass is 79.9. The molecule has 1 amide bonds. The molecule has 0 aliphatic rings. The van der Waals surface area contributed by atoms with E-state index in [1.165, 1.54) is 0 Å². The highest BCUT2D eigenvalue weighted by Crippen LogP contribution is 2.27. The van der Waals surface area contributed by atoms with Crippen molar-refractivity contribution in [3.63, 3.8) is 0 Å². The predicted molar refractivity (Wildman–Crippen MR) is 93.8 cm³/mol. The summed E-state index contributed by atoms with van der Waals surface area (Å²) in [4.78, 5) is 12.4. The quantitative estimate of drug-likeness (QED) is 0.803. The molecule has 116 valence electrons. The minimum atomic E-state index is -0.128. The number of ether oxygens (including phenoxy) is 1. The summed E-state index contributed by atoms with van der Waals surface area (Å²) >= 11 is 3.45. The average Bonchev–Trinajstić information content (AvgIpc) is 2.50. The molecule has 0 radical (unpaired) electrons. The van der Waals surface area contributed by atoms with Crippen LogP contribution in [0, 0.1) is 13.8 Å². The van der Waals surface area contributed by atoms with Gasteiger partial charge in [-0.05, 0) is 71.6 Å². The van der Waals surface area contributed by atoms with E-state index in [2.05, 4.69) is 28.2 Å². The van der Waals surface area contributed by atoms with E-state index in [1.807, 2.05) is 38.1 Å². The number of hydrogen-bond donors (Lipinski definition) is 1. The summed E-state index contributed by atoms with van der Waals surface area (Å²) in [5.41, 5.74) is 3.67. The zero-order chi connectivity index (χ0) is 16.1. The molecule has 0 unspecified atom stereocenters. The molecule has 0 aliphatic heterocycles. The number of halogens is 1. The van der Waals surface area contributed by atoms with Crippen molar-refractivity contribution in [1.29, 1.82) is 0 Å². The van der Waals surface area contributed by atoms with Gasteiger partial charge in [0.25, 0.3) is 5.91 Å². The van der Waals surface area contributed by atoms with Crippen LogP contribution >= 0.6 is 15.9 Å². The molecule has 0 fully saturated rings. The van der Waals surface area contributed by atoms with Crippen LogP contribution in [-0.4, -0.2) is 12.5 Å². The Morgan fingerprint density at radius 3 is 2.68 bits per heavy atom. The van der Waals surface area contributed by atoms with E-state index in [-0.39, 0.29) is 5.91 Å². The lowest BCUT2D eigenvalue weighted by molar-refractivity contribution is 0.102. The summed E-state index contributed by atoms with van der Waals surface area (Å²) in [5, 5.41) is 2.96. The van der Waals surface area contributed by atoms with Crippen LogP contribution in [0.4, 0.5) is 5.69 Å². The number of anilines is 1. The van der Waals surface area contributed by atoms with Gasteiger partial charge in [-0.3, -0.25) is 4.79 Å². The number of benzene rings is 2. The fraction of sp³-hybridized carbons (Fsp3) is 0.278. The summed E-state index contributed by atoms with van der Waals surface area (Å²) in [7, 11) is 0. The molecule has 0 bridgehead atoms. The van der Waals surface area contributed by atoms with Crippen molar-refractivity contribution < 1.29 is 9.53 Å². The van der Waals surface area contributed by atoms with Crippen LogP contribution in [-0.2, 0) is 0 Å². The first-order valence-corrected chi connectivity index (χ1v) is 8.12. The Hall–Kier alpha value is -1.81. The SMILES string of the molecule is CCCOc1ccc(C(=O)Nc2cccc(C)c2C)cc1Br. The average molecular weight is 362 g/mol. The molecule has 2 rings (SSSR count). The molecule has 0 heterocycles. The second-order valence-corrected chi connectivity index (χ2v) is 6.05. The van der Waals surface area contributed by atoms with Crippen molar-refractivity contribution in [2.24, 2.45) is 0 Å². The second-order valence-electron chi connectivity index (χ2n) is 5.20. The molecule has 0 saturated carbocycles. The monoisotopic (exact) mass is 361 g/mol. The number of aryl methyl sites for hydroxylation is 1. The Bertz CT molecular complexity index is 683. The van der Waals surface area contributed by atoms with E-state index < -0.39 is 0 Å². The topological polar surface area (TPSA) is 38.3 Å². The van der Waals surface area contributed by atoms with Gasteiger partial charge in [-0.2, -0.15) is 0 Å². The zero-order valence-corrected chi connectivity index (χ0v) is 14.7. The maximum atomic E-state index is 12.4. The Kier molecular flexibility index (Phi) is 5.61. The van der Waals surface area contributed by atoms with E-state index in [4.69, 9.17) is 4.74 Å². The lowest BCUT2D eigenvalue weighted by atomic mass is 10.1. The molecule has 0 atom stereocenters. The summed E-state index contributed by atoms with van der Waals surface area (Å²) in [6, 6.07) is 11.3. The van der Waals surface area contributed by atoms with Gasteiger partial charge in [-0.25, -0.2) is 0 Å². The Morgan fingerprint density at radius 1 is 1.23 bits per heavy atom. The van der Waals surface area contributed by atoms with Crippen molar-refractivity contribution in [2.45, 2.75) is 27.2 Å². The molecule has 2 aromatic carbocycles. The highest BCUT2D eigenvalue weighted by molar-refractivity contribution is 9.10. The maximum absolute atomic E-state index is 12.4. The largest absolute Gasteiger partial charge is 0.492 e. The van der Waals surface area contributed by atoms with E-state index in [0.29, 0.717) is 12.2 Å². The lowest BCUT2D eigenvalue weighted by Crippen LogP contribution is -2.13. The Morgan fingerprint density at radius 2 is 2.00 bits per heavy atom. The van der Waals surface area contributed by atoms with Gasteiger partial charge in [0.05, 0.1) is 11.1 Å². The van der Waals surface area contributed by atoms with E-state index in [9.17, 15) is 4.79 Å². The number of carbonyl (C=O) groups is 1. The van der Waals surface area contributed by atoms with Crippen LogP contribution < -0.4 is 10.1 Å². The molecule has 0 saturated heterocycles. The first-order chi connectivity index (χ1) is 10.5. The molecule has 0 spiro atoms. The number of rotatable bonds is 5. The van der Waals surface area contributed by atoms with Crippen molar-refractivity contribution >= 4 is 27.5 Å². The molecule has 2 aromatic rings. The van der Waals surface area contributed by atoms with Crippen LogP contribution in [0.1, 0.15) is 34.8 Å². The zero-order valence-electron chi connectivity index (χ0n) is 13.1. The molecule has 22 heavy (non-hydrogen) atoms. The Labute approximate surface area is 139 Å². The third-order valence-electron chi connectivity index (χ3n) is 3.51. The summed E-state index contributed by atoms with van der Waals surface area (Å²) in [6.07, 6.45) is 0.946. The molecular weight excluding hydrogens is 342 g/mol. The molecular formula is C18H20BrNO2. The first kappa shape index (κ1) is 16.6. The van der Waals surface area contributed by atoms with Crippen molar-refractivity contribution in [2.75, 3.05) is 11.9 Å². The van der Waals surface area contributed by atoms with Gasteiger partial charge in [0.15, 0.2) is 0 Å². The van der Waals surface area contributed by atoms with Gasteiger partial charge < -0.3 is 10.1 Å². The molecule has 1 N–H and O–H groups in total. The van der Waals surface area contributed by atoms with E-state index in [0.717, 1.165) is 33.5 Å². The van der Waals surface area contributed by atoms with E-state index in [1.54, 1.807) is 12.1 Å². The summed E-state index contributed by atoms with van der Waals surface area (Å²) in [5.74, 6) is 0.626. The lowest BCUT2D eigenvalue weighted by Gasteiger charge is -2.12. The highest BCUT2D eigenvalue weighted by Gasteiger charge is 2.11. The van der Waals surface area contributed by atoms with Gasteiger partial charge in [0, 0.05) is 11.3 Å². The van der Waals surface area contributed by atoms with Gasteiger partial charge in [0.1, 0.15) is 5.75 Å². The minimum absolute atomic E-state index is 0.128. The number of carbonyl (C=O) groups excluding carboxylic acids is 1. The van der Waals surface area contributed by atoms with E-state index >= 15 is 0 Å². The molecule has 0 aliphatic carbocycles. The molecule has 4 heteroatoms. The fourth-order valence-corrected chi connectivity index (χ4v) is 2.55. The normalized spacial score (nSPS) is 10.4. The summed E-state index contributed by atoms with van der Waals surface area (Å²) < 4.78 is 6.38. The van der Waals surface area contributed by atoms with Crippen molar-refractivity contribution in [3.8, 4) is 5.75 Å². The Balaban J connectivity index is 2.16.